The highest BCUT2D eigenvalue weighted by Crippen LogP contribution is 2.39. The highest BCUT2D eigenvalue weighted by atomic mass is 19.4. The van der Waals surface area contributed by atoms with Crippen molar-refractivity contribution in [1.82, 2.24) is 45.6 Å². The molecule has 8 rings (SSSR count). The normalized spacial score (nSPS) is 27.7. The number of ether oxygens (including phenoxy) is 2. The lowest BCUT2D eigenvalue weighted by Gasteiger charge is -2.45. The molecule has 2 aliphatic heterocycles. The van der Waals surface area contributed by atoms with Crippen LogP contribution in [0.15, 0.2) is 49.1 Å². The third kappa shape index (κ3) is 13.5. The predicted molar refractivity (Wildman–Crippen MR) is 271 cm³/mol. The maximum absolute atomic E-state index is 14.1. The molecule has 17 nitrogen and oxygen atoms in total. The maximum Gasteiger partial charge on any atom is 0.416 e. The number of carbonyl (C=O) groups is 5. The first-order valence-corrected chi connectivity index (χ1v) is 27.0. The molecule has 0 spiro atoms. The molecule has 0 bridgehead atoms. The topological polar surface area (TPSA) is 200 Å². The Hall–Kier alpha value is -5.47. The molecule has 4 N–H and O–H groups in total. The zero-order valence-electron chi connectivity index (χ0n) is 43.3. The van der Waals surface area contributed by atoms with E-state index in [2.05, 4.69) is 62.0 Å². The Bertz CT molecular complexity index is 2400. The molecule has 0 radical (unpaired) electrons. The number of hydrogen-bond acceptors (Lipinski definition) is 12. The molecule has 3 aromatic rings. The molecular formula is C54H75F3N10O7. The molecule has 6 atom stereocenters. The van der Waals surface area contributed by atoms with E-state index in [9.17, 15) is 37.1 Å². The van der Waals surface area contributed by atoms with Crippen molar-refractivity contribution < 1.29 is 46.6 Å². The number of benzene rings is 1. The lowest BCUT2D eigenvalue weighted by Crippen LogP contribution is -2.59. The quantitative estimate of drug-likeness (QED) is 0.0919. The zero-order valence-corrected chi connectivity index (χ0v) is 43.3. The molecule has 2 aromatic heterocycles. The molecule has 74 heavy (non-hydrogen) atoms. The molecule has 0 unspecified atom stereocenters. The number of nitrogens with one attached hydrogen (secondary N) is 4. The summed E-state index contributed by atoms with van der Waals surface area (Å²) < 4.78 is 53.1. The number of amides is 5. The fraction of sp³-hybridized carbons (Fsp3) is 0.667. The van der Waals surface area contributed by atoms with Crippen molar-refractivity contribution in [3.8, 4) is 0 Å². The van der Waals surface area contributed by atoms with Crippen LogP contribution in [0.25, 0.3) is 10.9 Å². The van der Waals surface area contributed by atoms with E-state index in [1.807, 2.05) is 24.0 Å². The second-order valence-corrected chi connectivity index (χ2v) is 21.3. The van der Waals surface area contributed by atoms with Crippen molar-refractivity contribution in [2.45, 2.75) is 178 Å². The number of likely N-dealkylation sites (tertiary alicyclic amines) is 2. The molecule has 5 fully saturated rings. The fourth-order valence-corrected chi connectivity index (χ4v) is 12.0. The van der Waals surface area contributed by atoms with Crippen LogP contribution in [0.4, 0.5) is 19.0 Å². The molecule has 5 amide bonds. The summed E-state index contributed by atoms with van der Waals surface area (Å²) in [4.78, 5) is 85.5. The van der Waals surface area contributed by atoms with Crippen molar-refractivity contribution in [3.05, 3.63) is 60.2 Å². The lowest BCUT2D eigenvalue weighted by molar-refractivity contribution is -0.137. The number of nitrogens with zero attached hydrogens (tertiary/aromatic N) is 6. The van der Waals surface area contributed by atoms with Crippen molar-refractivity contribution in [3.63, 3.8) is 0 Å². The van der Waals surface area contributed by atoms with Gasteiger partial charge in [0.15, 0.2) is 0 Å². The summed E-state index contributed by atoms with van der Waals surface area (Å²) in [7, 11) is 2.09. The van der Waals surface area contributed by atoms with Crippen molar-refractivity contribution >= 4 is 46.3 Å². The highest BCUT2D eigenvalue weighted by Gasteiger charge is 2.46. The molecular weight excluding hydrogens is 958 g/mol. The van der Waals surface area contributed by atoms with E-state index in [0.29, 0.717) is 102 Å². The van der Waals surface area contributed by atoms with Crippen molar-refractivity contribution in [2.24, 2.45) is 11.8 Å². The second-order valence-electron chi connectivity index (χ2n) is 21.3. The Labute approximate surface area is 432 Å². The van der Waals surface area contributed by atoms with Gasteiger partial charge in [-0.2, -0.15) is 13.2 Å². The first-order valence-electron chi connectivity index (χ1n) is 27.0. The summed E-state index contributed by atoms with van der Waals surface area (Å²) in [5.41, 5.74) is 0.373. The van der Waals surface area contributed by atoms with Gasteiger partial charge in [0.2, 0.25) is 29.5 Å². The standard InChI is InChI=1S/C54H75F3N10O7/c1-5-66-48(69)30-42(49(66)35-8-6-23-58-31-35)52(71)59-24-27-74-40-18-16-39(17-19-40)73-26-7-9-47(68)62-37-13-10-34(11-14-37)51(70)64-45-29-38(65(4)33(2)3)15-21-46(45)67-25-22-44(53(67)72)63-50-41-28-36(54(55,56)57)12-20-43(41)60-32-61-50/h6,8,12,20,23,28,31-34,37-40,42,44-46,49H,5,7,9-11,13-19,21-22,24-27,29-30H2,1-4H3,(H,59,71)(H,62,68)(H,64,70)(H,60,61,63)/t34-,37-,38-,39-,40-,42+,44+,45-,46+,49-/m1/s1. The third-order valence-electron chi connectivity index (χ3n) is 16.3. The Kier molecular flexibility index (Phi) is 18.4. The summed E-state index contributed by atoms with van der Waals surface area (Å²) >= 11 is 0. The average Bonchev–Trinajstić information content (AvgIpc) is 3.94. The van der Waals surface area contributed by atoms with Crippen LogP contribution in [0.2, 0.25) is 0 Å². The minimum absolute atomic E-state index is 0.0108. The van der Waals surface area contributed by atoms with Gasteiger partial charge in [-0.15, -0.1) is 0 Å². The fourth-order valence-electron chi connectivity index (χ4n) is 12.0. The van der Waals surface area contributed by atoms with Gasteiger partial charge in [0.05, 0.1) is 53.9 Å². The first kappa shape index (κ1) is 54.8. The number of anilines is 1. The smallest absolute Gasteiger partial charge is 0.378 e. The average molecular weight is 1030 g/mol. The summed E-state index contributed by atoms with van der Waals surface area (Å²) in [6.07, 6.45) is 10.2. The van der Waals surface area contributed by atoms with Gasteiger partial charge in [0.25, 0.3) is 0 Å². The van der Waals surface area contributed by atoms with E-state index < -0.39 is 23.7 Å². The van der Waals surface area contributed by atoms with Crippen molar-refractivity contribution in [1.29, 1.82) is 0 Å². The van der Waals surface area contributed by atoms with Gasteiger partial charge in [-0.3, -0.25) is 29.0 Å². The number of aromatic nitrogens is 3. The van der Waals surface area contributed by atoms with Gasteiger partial charge < -0.3 is 45.4 Å². The van der Waals surface area contributed by atoms with E-state index >= 15 is 0 Å². The summed E-state index contributed by atoms with van der Waals surface area (Å²) in [6, 6.07) is 5.96. The summed E-state index contributed by atoms with van der Waals surface area (Å²) in [5, 5.41) is 12.9. The number of pyridine rings is 1. The summed E-state index contributed by atoms with van der Waals surface area (Å²) in [5.74, 6) is -0.930. The van der Waals surface area contributed by atoms with Crippen LogP contribution in [-0.2, 0) is 39.6 Å². The van der Waals surface area contributed by atoms with E-state index in [0.717, 1.165) is 49.8 Å². The minimum atomic E-state index is -4.55. The minimum Gasteiger partial charge on any atom is -0.378 e. The third-order valence-corrected chi connectivity index (χ3v) is 16.3. The maximum atomic E-state index is 14.1. The van der Waals surface area contributed by atoms with Crippen LogP contribution >= 0.6 is 0 Å². The van der Waals surface area contributed by atoms with E-state index in [-0.39, 0.29) is 95.5 Å². The predicted octanol–water partition coefficient (Wildman–Crippen LogP) is 6.33. The van der Waals surface area contributed by atoms with Crippen LogP contribution in [0.3, 0.4) is 0 Å². The van der Waals surface area contributed by atoms with Crippen molar-refractivity contribution in [2.75, 3.05) is 45.2 Å². The zero-order chi connectivity index (χ0) is 52.5. The summed E-state index contributed by atoms with van der Waals surface area (Å²) in [6.45, 7) is 8.40. The molecule has 5 aliphatic rings. The van der Waals surface area contributed by atoms with Gasteiger partial charge in [-0.25, -0.2) is 9.97 Å². The Balaban J connectivity index is 0.723. The first-order chi connectivity index (χ1) is 35.6. The van der Waals surface area contributed by atoms with Crippen LogP contribution in [0.1, 0.15) is 134 Å². The molecule has 3 aliphatic carbocycles. The van der Waals surface area contributed by atoms with Crippen LogP contribution in [-0.4, -0.2) is 148 Å². The lowest BCUT2D eigenvalue weighted by atomic mass is 9.82. The monoisotopic (exact) mass is 1030 g/mol. The number of halogens is 3. The van der Waals surface area contributed by atoms with Gasteiger partial charge in [-0.05, 0) is 141 Å². The molecule has 404 valence electrons. The Morgan fingerprint density at radius 3 is 2.32 bits per heavy atom. The Morgan fingerprint density at radius 2 is 1.64 bits per heavy atom. The largest absolute Gasteiger partial charge is 0.416 e. The van der Waals surface area contributed by atoms with E-state index in [1.54, 1.807) is 17.3 Å². The van der Waals surface area contributed by atoms with E-state index in [4.69, 9.17) is 9.47 Å². The van der Waals surface area contributed by atoms with Gasteiger partial charge >= 0.3 is 6.18 Å². The van der Waals surface area contributed by atoms with Gasteiger partial charge in [0, 0.05) is 80.9 Å². The van der Waals surface area contributed by atoms with Crippen LogP contribution < -0.4 is 21.3 Å². The van der Waals surface area contributed by atoms with E-state index in [1.165, 1.54) is 12.4 Å². The number of rotatable bonds is 20. The molecule has 4 heterocycles. The highest BCUT2D eigenvalue weighted by molar-refractivity contribution is 5.93. The number of hydrogen-bond donors (Lipinski definition) is 4. The molecule has 20 heteroatoms. The number of fused-ring (bicyclic) bond motifs is 1. The van der Waals surface area contributed by atoms with Gasteiger partial charge in [0.1, 0.15) is 18.2 Å². The number of alkyl halides is 3. The van der Waals surface area contributed by atoms with Gasteiger partial charge in [-0.1, -0.05) is 6.07 Å². The molecule has 3 saturated carbocycles. The second kappa shape index (κ2) is 24.9. The number of carbonyl (C=O) groups excluding carboxylic acids is 5. The molecule has 1 aromatic carbocycles. The van der Waals surface area contributed by atoms with Crippen LogP contribution in [0.5, 0.6) is 0 Å². The van der Waals surface area contributed by atoms with Crippen LogP contribution in [0, 0.1) is 11.8 Å². The molecule has 2 saturated heterocycles. The SMILES string of the molecule is CCN1C(=O)C[C@H](C(=O)NCCO[C@H]2CC[C@H](OCCCC(=O)N[C@H]3CC[C@H](C(=O)N[C@@H]4C[C@H](N(C)C(C)C)CC[C@@H]4N4CC[C@H](Nc5ncnc6ccc(C(F)(F)F)cc56)C4=O)CC3)CC2)[C@H]1c1cccnc1. The Morgan fingerprint density at radius 1 is 0.892 bits per heavy atom.